The highest BCUT2D eigenvalue weighted by Gasteiger charge is 2.33. The summed E-state index contributed by atoms with van der Waals surface area (Å²) in [4.78, 5) is 0. The lowest BCUT2D eigenvalue weighted by Crippen LogP contribution is -2.40. The highest BCUT2D eigenvalue weighted by Crippen LogP contribution is 2.31. The Labute approximate surface area is 121 Å². The lowest BCUT2D eigenvalue weighted by molar-refractivity contribution is 0.00348. The zero-order valence-corrected chi connectivity index (χ0v) is 12.0. The third-order valence-electron chi connectivity index (χ3n) is 3.66. The van der Waals surface area contributed by atoms with Gasteiger partial charge in [0, 0.05) is 12.2 Å². The molecule has 20 heavy (non-hydrogen) atoms. The molecule has 0 spiro atoms. The van der Waals surface area contributed by atoms with Crippen LogP contribution in [0.4, 0.5) is 5.69 Å². The van der Waals surface area contributed by atoms with Crippen molar-refractivity contribution in [2.24, 2.45) is 0 Å². The van der Waals surface area contributed by atoms with Crippen molar-refractivity contribution in [3.05, 3.63) is 23.2 Å². The molecule has 6 nitrogen and oxygen atoms in total. The number of halogens is 1. The van der Waals surface area contributed by atoms with Crippen LogP contribution in [0, 0.1) is 0 Å². The quantitative estimate of drug-likeness (QED) is 0.858. The summed E-state index contributed by atoms with van der Waals surface area (Å²) < 4.78 is 7.41. The van der Waals surface area contributed by atoms with Gasteiger partial charge in [0.2, 0.25) is 0 Å². The maximum absolute atomic E-state index is 6.08. The Morgan fingerprint density at radius 1 is 1.45 bits per heavy atom. The monoisotopic (exact) mass is 293 g/mol. The standard InChI is InChI=1S/C13H16ClN5O/c1-13(5-2-6-20-8-13)19-12(16-17-18-19)9-3-4-11(15)10(14)7-9/h3-4,7H,2,5-6,8,15H2,1H3. The average molecular weight is 294 g/mol. The van der Waals surface area contributed by atoms with Crippen LogP contribution in [0.1, 0.15) is 19.8 Å². The van der Waals surface area contributed by atoms with Gasteiger partial charge >= 0.3 is 0 Å². The first kappa shape index (κ1) is 13.3. The van der Waals surface area contributed by atoms with Gasteiger partial charge < -0.3 is 10.5 Å². The van der Waals surface area contributed by atoms with E-state index in [1.165, 1.54) is 0 Å². The topological polar surface area (TPSA) is 78.9 Å². The van der Waals surface area contributed by atoms with E-state index in [1.54, 1.807) is 12.1 Å². The van der Waals surface area contributed by atoms with E-state index < -0.39 is 0 Å². The van der Waals surface area contributed by atoms with Crippen LogP contribution in [-0.4, -0.2) is 33.4 Å². The molecule has 0 amide bonds. The summed E-state index contributed by atoms with van der Waals surface area (Å²) in [6, 6.07) is 5.42. The van der Waals surface area contributed by atoms with E-state index in [0.29, 0.717) is 23.1 Å². The lowest BCUT2D eigenvalue weighted by atomic mass is 9.94. The van der Waals surface area contributed by atoms with Crippen molar-refractivity contribution in [3.8, 4) is 11.4 Å². The average Bonchev–Trinajstić information content (AvgIpc) is 2.93. The summed E-state index contributed by atoms with van der Waals surface area (Å²) >= 11 is 6.08. The van der Waals surface area contributed by atoms with Gasteiger partial charge in [-0.25, -0.2) is 4.68 Å². The Morgan fingerprint density at radius 2 is 2.30 bits per heavy atom. The van der Waals surface area contributed by atoms with Gasteiger partial charge in [0.25, 0.3) is 0 Å². The molecular weight excluding hydrogens is 278 g/mol. The molecule has 0 radical (unpaired) electrons. The van der Waals surface area contributed by atoms with Crippen molar-refractivity contribution in [2.75, 3.05) is 18.9 Å². The summed E-state index contributed by atoms with van der Waals surface area (Å²) in [5.74, 6) is 0.680. The number of ether oxygens (including phenoxy) is 1. The van der Waals surface area contributed by atoms with Gasteiger partial charge in [-0.15, -0.1) is 5.10 Å². The number of hydrogen-bond acceptors (Lipinski definition) is 5. The second kappa shape index (κ2) is 5.03. The van der Waals surface area contributed by atoms with Crippen LogP contribution in [-0.2, 0) is 10.3 Å². The van der Waals surface area contributed by atoms with E-state index in [1.807, 2.05) is 10.7 Å². The molecule has 0 saturated carbocycles. The van der Waals surface area contributed by atoms with Gasteiger partial charge in [-0.1, -0.05) is 11.6 Å². The van der Waals surface area contributed by atoms with E-state index in [2.05, 4.69) is 22.4 Å². The molecule has 1 aliphatic heterocycles. The maximum atomic E-state index is 6.08. The highest BCUT2D eigenvalue weighted by molar-refractivity contribution is 6.33. The predicted molar refractivity (Wildman–Crippen MR) is 76.4 cm³/mol. The van der Waals surface area contributed by atoms with Gasteiger partial charge in [0.15, 0.2) is 5.82 Å². The number of benzene rings is 1. The lowest BCUT2D eigenvalue weighted by Gasteiger charge is -2.33. The molecule has 7 heteroatoms. The normalized spacial score (nSPS) is 22.9. The molecule has 3 rings (SSSR count). The SMILES string of the molecule is CC1(n2nnnc2-c2ccc(N)c(Cl)c2)CCCOC1. The zero-order valence-electron chi connectivity index (χ0n) is 11.2. The molecule has 1 saturated heterocycles. The third-order valence-corrected chi connectivity index (χ3v) is 3.98. The second-order valence-electron chi connectivity index (χ2n) is 5.30. The molecule has 1 unspecified atom stereocenters. The number of rotatable bonds is 2. The zero-order chi connectivity index (χ0) is 14.2. The Balaban J connectivity index is 2.03. The van der Waals surface area contributed by atoms with E-state index >= 15 is 0 Å². The Morgan fingerprint density at radius 3 is 3.00 bits per heavy atom. The third kappa shape index (κ3) is 2.25. The smallest absolute Gasteiger partial charge is 0.182 e. The van der Waals surface area contributed by atoms with Crippen molar-refractivity contribution in [1.82, 2.24) is 20.2 Å². The summed E-state index contributed by atoms with van der Waals surface area (Å²) in [5.41, 5.74) is 6.90. The Bertz CT molecular complexity index is 621. The van der Waals surface area contributed by atoms with Crippen molar-refractivity contribution in [2.45, 2.75) is 25.3 Å². The van der Waals surface area contributed by atoms with Crippen LogP contribution >= 0.6 is 11.6 Å². The molecule has 1 fully saturated rings. The van der Waals surface area contributed by atoms with Crippen LogP contribution < -0.4 is 5.73 Å². The fourth-order valence-corrected chi connectivity index (χ4v) is 2.66. The van der Waals surface area contributed by atoms with Crippen molar-refractivity contribution in [3.63, 3.8) is 0 Å². The van der Waals surface area contributed by atoms with Gasteiger partial charge in [-0.05, 0) is 48.4 Å². The van der Waals surface area contributed by atoms with Crippen LogP contribution in [0.15, 0.2) is 18.2 Å². The summed E-state index contributed by atoms with van der Waals surface area (Å²) in [7, 11) is 0. The Kier molecular flexibility index (Phi) is 3.35. The molecule has 1 aromatic carbocycles. The summed E-state index contributed by atoms with van der Waals surface area (Å²) in [6.07, 6.45) is 1.98. The van der Waals surface area contributed by atoms with E-state index in [0.717, 1.165) is 25.0 Å². The minimum atomic E-state index is -0.231. The molecule has 0 aliphatic carbocycles. The number of nitrogens with two attached hydrogens (primary N) is 1. The number of anilines is 1. The van der Waals surface area contributed by atoms with Crippen molar-refractivity contribution < 1.29 is 4.74 Å². The van der Waals surface area contributed by atoms with Gasteiger partial charge in [0.05, 0.1) is 22.9 Å². The van der Waals surface area contributed by atoms with E-state index in [9.17, 15) is 0 Å². The van der Waals surface area contributed by atoms with E-state index in [-0.39, 0.29) is 5.54 Å². The second-order valence-corrected chi connectivity index (χ2v) is 5.71. The van der Waals surface area contributed by atoms with Crippen LogP contribution in [0.3, 0.4) is 0 Å². The summed E-state index contributed by atoms with van der Waals surface area (Å²) in [6.45, 7) is 3.50. The number of aromatic nitrogens is 4. The first-order chi connectivity index (χ1) is 9.60. The van der Waals surface area contributed by atoms with Crippen LogP contribution in [0.2, 0.25) is 5.02 Å². The van der Waals surface area contributed by atoms with E-state index in [4.69, 9.17) is 22.1 Å². The van der Waals surface area contributed by atoms with Crippen molar-refractivity contribution in [1.29, 1.82) is 0 Å². The minimum absolute atomic E-state index is 0.231. The highest BCUT2D eigenvalue weighted by atomic mass is 35.5. The molecule has 1 aromatic heterocycles. The molecule has 1 atom stereocenters. The number of hydrogen-bond donors (Lipinski definition) is 1. The van der Waals surface area contributed by atoms with Gasteiger partial charge in [0.1, 0.15) is 0 Å². The molecule has 0 bridgehead atoms. The first-order valence-electron chi connectivity index (χ1n) is 6.52. The first-order valence-corrected chi connectivity index (χ1v) is 6.90. The fraction of sp³-hybridized carbons (Fsp3) is 0.462. The van der Waals surface area contributed by atoms with Gasteiger partial charge in [-0.3, -0.25) is 0 Å². The largest absolute Gasteiger partial charge is 0.398 e. The fourth-order valence-electron chi connectivity index (χ4n) is 2.48. The number of nitrogens with zero attached hydrogens (tertiary/aromatic N) is 4. The molecular formula is C13H16ClN5O. The molecule has 106 valence electrons. The number of tetrazole rings is 1. The minimum Gasteiger partial charge on any atom is -0.398 e. The molecule has 1 aliphatic rings. The predicted octanol–water partition coefficient (Wildman–Crippen LogP) is 2.10. The van der Waals surface area contributed by atoms with Crippen LogP contribution in [0.5, 0.6) is 0 Å². The maximum Gasteiger partial charge on any atom is 0.182 e. The molecule has 2 N–H and O–H groups in total. The molecule has 2 heterocycles. The van der Waals surface area contributed by atoms with Crippen molar-refractivity contribution >= 4 is 17.3 Å². The van der Waals surface area contributed by atoms with Crippen LogP contribution in [0.25, 0.3) is 11.4 Å². The van der Waals surface area contributed by atoms with Gasteiger partial charge in [-0.2, -0.15) is 0 Å². The summed E-state index contributed by atoms with van der Waals surface area (Å²) in [5, 5.41) is 12.6. The Hall–Kier alpha value is -1.66. The number of nitrogen functional groups attached to an aromatic ring is 1. The molecule has 2 aromatic rings.